The minimum Gasteiger partial charge on any atom is -0.365 e. The van der Waals surface area contributed by atoms with Crippen molar-refractivity contribution in [1.82, 2.24) is 5.32 Å². The van der Waals surface area contributed by atoms with E-state index < -0.39 is 11.8 Å². The van der Waals surface area contributed by atoms with Crippen molar-refractivity contribution in [2.75, 3.05) is 16.8 Å². The van der Waals surface area contributed by atoms with E-state index in [1.54, 1.807) is 6.08 Å². The lowest BCUT2D eigenvalue weighted by Gasteiger charge is -2.41. The van der Waals surface area contributed by atoms with E-state index in [0.717, 1.165) is 27.9 Å². The summed E-state index contributed by atoms with van der Waals surface area (Å²) in [6.45, 7) is 10.4. The van der Waals surface area contributed by atoms with Gasteiger partial charge in [-0.15, -0.1) is 0 Å². The highest BCUT2D eigenvalue weighted by Gasteiger charge is 2.35. The number of thiocarbonyl (C=S) groups is 1. The topological polar surface area (TPSA) is 52.7 Å². The molecule has 6 heteroatoms. The van der Waals surface area contributed by atoms with Gasteiger partial charge in [0, 0.05) is 18.3 Å². The van der Waals surface area contributed by atoms with E-state index in [-0.39, 0.29) is 16.2 Å². The van der Waals surface area contributed by atoms with Gasteiger partial charge in [-0.05, 0) is 93.9 Å². The monoisotopic (exact) mass is 445 g/mol. The third kappa shape index (κ3) is 3.65. The summed E-state index contributed by atoms with van der Waals surface area (Å²) in [4.78, 5) is 29.7. The molecular weight excluding hydrogens is 418 g/mol. The number of anilines is 2. The van der Waals surface area contributed by atoms with Crippen LogP contribution in [0.5, 0.6) is 0 Å². The lowest BCUT2D eigenvalue weighted by molar-refractivity contribution is -0.122. The summed E-state index contributed by atoms with van der Waals surface area (Å²) in [5.41, 5.74) is 6.90. The zero-order valence-corrected chi connectivity index (χ0v) is 20.1. The lowest BCUT2D eigenvalue weighted by Crippen LogP contribution is -2.54. The molecule has 2 amide bonds. The normalized spacial score (nSPS) is 19.1. The molecule has 1 saturated heterocycles. The number of carbonyl (C=O) groups is 2. The molecule has 164 valence electrons. The van der Waals surface area contributed by atoms with Crippen molar-refractivity contribution in [1.29, 1.82) is 0 Å². The molecule has 0 aliphatic carbocycles. The number of hydrogen-bond donors (Lipinski definition) is 1. The number of carbonyl (C=O) groups excluding carboxylic acids is 2. The Morgan fingerprint density at radius 1 is 1.03 bits per heavy atom. The number of nitrogens with zero attached hydrogens (tertiary/aromatic N) is 2. The molecule has 1 N–H and O–H groups in total. The van der Waals surface area contributed by atoms with E-state index in [2.05, 4.69) is 56.2 Å². The Hall–Kier alpha value is -3.25. The van der Waals surface area contributed by atoms with Gasteiger partial charge in [-0.3, -0.25) is 19.8 Å². The molecule has 0 saturated carbocycles. The van der Waals surface area contributed by atoms with E-state index in [9.17, 15) is 9.59 Å². The summed E-state index contributed by atoms with van der Waals surface area (Å²) in [5, 5.41) is 2.75. The highest BCUT2D eigenvalue weighted by Crippen LogP contribution is 2.39. The molecule has 0 atom stereocenters. The predicted molar refractivity (Wildman–Crippen MR) is 135 cm³/mol. The highest BCUT2D eigenvalue weighted by molar-refractivity contribution is 7.80. The van der Waals surface area contributed by atoms with Crippen LogP contribution >= 0.6 is 12.2 Å². The highest BCUT2D eigenvalue weighted by atomic mass is 32.1. The minimum atomic E-state index is -0.481. The summed E-state index contributed by atoms with van der Waals surface area (Å²) in [6.07, 6.45) is 3.90. The van der Waals surface area contributed by atoms with Crippen LogP contribution in [0.15, 0.2) is 48.0 Å². The molecule has 0 bridgehead atoms. The lowest BCUT2D eigenvalue weighted by atomic mass is 9.87. The molecule has 2 aliphatic rings. The fourth-order valence-electron chi connectivity index (χ4n) is 4.21. The van der Waals surface area contributed by atoms with Gasteiger partial charge in [0.05, 0.1) is 11.2 Å². The van der Waals surface area contributed by atoms with Crippen LogP contribution in [-0.4, -0.2) is 29.5 Å². The number of benzene rings is 2. The molecule has 2 aliphatic heterocycles. The standard InChI is InChI=1S/C26H27N3O2S/c1-15-7-9-19(10-8-15)29-24(31)21(23(30)27-25(29)32)13-18-12-20-17(3)14-26(4,5)28(6)22(20)11-16(18)2/h7-14H,1-6H3,(H,27,30,32)/b21-13-. The SMILES string of the molecule is CC1=CC(C)(C)N(C)c2cc(C)c(/C=C3/C(=O)NC(=S)N(c4ccc(C)cc4)C3=O)cc21. The van der Waals surface area contributed by atoms with Crippen molar-refractivity contribution < 1.29 is 9.59 Å². The number of allylic oxidation sites excluding steroid dienone is 1. The van der Waals surface area contributed by atoms with E-state index in [4.69, 9.17) is 12.2 Å². The molecule has 4 rings (SSSR count). The summed E-state index contributed by atoms with van der Waals surface area (Å²) >= 11 is 5.30. The van der Waals surface area contributed by atoms with Gasteiger partial charge in [0.2, 0.25) is 0 Å². The maximum absolute atomic E-state index is 13.3. The van der Waals surface area contributed by atoms with Gasteiger partial charge in [-0.25, -0.2) is 0 Å². The van der Waals surface area contributed by atoms with Crippen molar-refractivity contribution >= 4 is 52.2 Å². The molecule has 2 aromatic carbocycles. The smallest absolute Gasteiger partial charge is 0.270 e. The number of likely N-dealkylation sites (N-methyl/N-ethyl adjacent to an activating group) is 1. The van der Waals surface area contributed by atoms with Crippen LogP contribution in [0.2, 0.25) is 0 Å². The number of aryl methyl sites for hydroxylation is 2. The van der Waals surface area contributed by atoms with Crippen LogP contribution < -0.4 is 15.1 Å². The van der Waals surface area contributed by atoms with Crippen molar-refractivity contribution in [2.45, 2.75) is 40.2 Å². The minimum absolute atomic E-state index is 0.0633. The Bertz CT molecular complexity index is 1220. The van der Waals surface area contributed by atoms with Crippen LogP contribution in [0.3, 0.4) is 0 Å². The van der Waals surface area contributed by atoms with E-state index in [0.29, 0.717) is 5.69 Å². The summed E-state index contributed by atoms with van der Waals surface area (Å²) < 4.78 is 0. The summed E-state index contributed by atoms with van der Waals surface area (Å²) in [7, 11) is 2.08. The van der Waals surface area contributed by atoms with Crippen molar-refractivity contribution in [2.24, 2.45) is 0 Å². The Morgan fingerprint density at radius 3 is 2.34 bits per heavy atom. The molecule has 0 radical (unpaired) electrons. The quantitative estimate of drug-likeness (QED) is 0.411. The van der Waals surface area contributed by atoms with Crippen LogP contribution in [-0.2, 0) is 9.59 Å². The fourth-order valence-corrected chi connectivity index (χ4v) is 4.50. The van der Waals surface area contributed by atoms with Gasteiger partial charge in [0.15, 0.2) is 5.11 Å². The average Bonchev–Trinajstić information content (AvgIpc) is 2.71. The second kappa shape index (κ2) is 7.71. The first-order valence-corrected chi connectivity index (χ1v) is 11.0. The Labute approximate surface area is 194 Å². The number of amides is 2. The van der Waals surface area contributed by atoms with Gasteiger partial charge < -0.3 is 4.90 Å². The Kier molecular flexibility index (Phi) is 5.29. The maximum atomic E-state index is 13.3. The summed E-state index contributed by atoms with van der Waals surface area (Å²) in [5.74, 6) is -0.906. The van der Waals surface area contributed by atoms with Crippen LogP contribution in [0.4, 0.5) is 11.4 Å². The predicted octanol–water partition coefficient (Wildman–Crippen LogP) is 4.77. The molecule has 5 nitrogen and oxygen atoms in total. The first kappa shape index (κ1) is 22.0. The fraction of sp³-hybridized carbons (Fsp3) is 0.269. The van der Waals surface area contributed by atoms with Crippen LogP contribution in [0.25, 0.3) is 11.6 Å². The van der Waals surface area contributed by atoms with Crippen molar-refractivity contribution in [3.8, 4) is 0 Å². The Balaban J connectivity index is 1.78. The number of fused-ring (bicyclic) bond motifs is 1. The molecule has 1 fully saturated rings. The molecule has 2 heterocycles. The third-order valence-electron chi connectivity index (χ3n) is 6.30. The number of nitrogens with one attached hydrogen (secondary N) is 1. The second-order valence-electron chi connectivity index (χ2n) is 9.06. The Morgan fingerprint density at radius 2 is 1.69 bits per heavy atom. The second-order valence-corrected chi connectivity index (χ2v) is 9.45. The summed E-state index contributed by atoms with van der Waals surface area (Å²) in [6, 6.07) is 11.6. The first-order chi connectivity index (χ1) is 15.0. The van der Waals surface area contributed by atoms with Crippen LogP contribution in [0.1, 0.15) is 43.0 Å². The molecule has 2 aromatic rings. The van der Waals surface area contributed by atoms with Crippen molar-refractivity contribution in [3.05, 3.63) is 70.3 Å². The molecule has 0 spiro atoms. The van der Waals surface area contributed by atoms with Gasteiger partial charge >= 0.3 is 0 Å². The molecular formula is C26H27N3O2S. The number of hydrogen-bond acceptors (Lipinski definition) is 4. The molecule has 0 aromatic heterocycles. The molecule has 0 unspecified atom stereocenters. The van der Waals surface area contributed by atoms with Crippen LogP contribution in [0, 0.1) is 13.8 Å². The maximum Gasteiger partial charge on any atom is 0.270 e. The zero-order chi connectivity index (χ0) is 23.4. The average molecular weight is 446 g/mol. The third-order valence-corrected chi connectivity index (χ3v) is 6.58. The zero-order valence-electron chi connectivity index (χ0n) is 19.2. The van der Waals surface area contributed by atoms with Gasteiger partial charge in [-0.1, -0.05) is 23.8 Å². The van der Waals surface area contributed by atoms with E-state index in [1.165, 1.54) is 10.5 Å². The van der Waals surface area contributed by atoms with E-state index >= 15 is 0 Å². The largest absolute Gasteiger partial charge is 0.365 e. The van der Waals surface area contributed by atoms with E-state index in [1.807, 2.05) is 38.1 Å². The van der Waals surface area contributed by atoms with Crippen molar-refractivity contribution in [3.63, 3.8) is 0 Å². The number of rotatable bonds is 2. The van der Waals surface area contributed by atoms with Gasteiger partial charge in [0.1, 0.15) is 5.57 Å². The first-order valence-electron chi connectivity index (χ1n) is 10.6. The van der Waals surface area contributed by atoms with Gasteiger partial charge in [0.25, 0.3) is 11.8 Å². The van der Waals surface area contributed by atoms with Gasteiger partial charge in [-0.2, -0.15) is 0 Å². The molecule has 32 heavy (non-hydrogen) atoms.